The Hall–Kier alpha value is -6.04. The number of fused-ring (bicyclic) bond motifs is 3. The van der Waals surface area contributed by atoms with Gasteiger partial charge in [-0.15, -0.1) is 36.4 Å². The van der Waals surface area contributed by atoms with E-state index >= 15 is 0 Å². The van der Waals surface area contributed by atoms with E-state index in [1.54, 1.807) is 50.3 Å². The summed E-state index contributed by atoms with van der Waals surface area (Å²) in [6.45, 7) is 5.91. The number of hydrogen-bond donors (Lipinski definition) is 0. The molecule has 0 aliphatic heterocycles. The first kappa shape index (κ1) is 38.7. The molecule has 55 heavy (non-hydrogen) atoms. The Morgan fingerprint density at radius 1 is 0.418 bits per heavy atom. The summed E-state index contributed by atoms with van der Waals surface area (Å²) in [5, 5.41) is 12.7. The Labute approximate surface area is 324 Å². The number of hydrogen-bond acceptors (Lipinski definition) is 3. The third kappa shape index (κ3) is 8.69. The second-order valence-corrected chi connectivity index (χ2v) is 12.4. The molecule has 9 rings (SSSR count). The molecule has 276 valence electrons. The third-order valence-corrected chi connectivity index (χ3v) is 8.20. The molecule has 6 heterocycles. The molecule has 0 saturated carbocycles. The zero-order valence-electron chi connectivity index (χ0n) is 29.2. The maximum Gasteiger partial charge on any atom is 3.00 e. The van der Waals surface area contributed by atoms with Gasteiger partial charge in [0.1, 0.15) is 0 Å². The van der Waals surface area contributed by atoms with Gasteiger partial charge < -0.3 is 0 Å². The number of aryl methyl sites for hydroxylation is 3. The number of halogens is 6. The van der Waals surface area contributed by atoms with Gasteiger partial charge in [-0.25, -0.2) is 15.3 Å². The number of aromatic nitrogens is 6. The van der Waals surface area contributed by atoms with E-state index < -0.39 is 34.9 Å². The number of pyridine rings is 3. The first-order chi connectivity index (χ1) is 25.9. The Morgan fingerprint density at radius 2 is 0.691 bits per heavy atom. The van der Waals surface area contributed by atoms with Gasteiger partial charge in [-0.1, -0.05) is 53.1 Å². The van der Waals surface area contributed by atoms with Gasteiger partial charge in [0.15, 0.2) is 0 Å². The van der Waals surface area contributed by atoms with Gasteiger partial charge in [-0.2, -0.15) is 0 Å². The summed E-state index contributed by atoms with van der Waals surface area (Å²) in [6.07, 6.45) is 5.40. The van der Waals surface area contributed by atoms with Crippen LogP contribution in [0.4, 0.5) is 26.3 Å². The minimum Gasteiger partial charge on any atom is -0.265 e. The van der Waals surface area contributed by atoms with Crippen LogP contribution in [0.1, 0.15) is 16.7 Å². The zero-order valence-corrected chi connectivity index (χ0v) is 31.6. The molecule has 0 amide bonds. The molecule has 13 heteroatoms. The Kier molecular flexibility index (Phi) is 11.3. The maximum absolute atomic E-state index is 13.6. The molecule has 0 aliphatic rings. The fraction of sp³-hybridized carbons (Fsp3) is 0.0714. The normalized spacial score (nSPS) is 10.9. The first-order valence-corrected chi connectivity index (χ1v) is 16.4. The van der Waals surface area contributed by atoms with Crippen LogP contribution in [0, 0.1) is 73.9 Å². The predicted octanol–water partition coefficient (Wildman–Crippen LogP) is 10.2. The van der Waals surface area contributed by atoms with E-state index in [0.29, 0.717) is 17.1 Å². The second kappa shape index (κ2) is 16.1. The molecular weight excluding hydrogens is 895 g/mol. The van der Waals surface area contributed by atoms with E-state index in [1.165, 1.54) is 0 Å². The van der Waals surface area contributed by atoms with E-state index in [-0.39, 0.29) is 36.8 Å². The SMILES string of the molecule is Cc1ccn2nc(-c3[c-]cc(F)cc3F)cc2c1.Cc1ccn2nc(-c3[c-]cc(F)cc3F)cc2c1.Cc1ccn2nc(-c3[c-]cc(F)cc3F)cc2c1.[Ir+3]. The van der Waals surface area contributed by atoms with Gasteiger partial charge in [0, 0.05) is 70.6 Å². The first-order valence-electron chi connectivity index (χ1n) is 16.4. The van der Waals surface area contributed by atoms with E-state index in [0.717, 1.165) is 69.6 Å². The second-order valence-electron chi connectivity index (χ2n) is 12.4. The summed E-state index contributed by atoms with van der Waals surface area (Å²) in [6, 6.07) is 30.3. The van der Waals surface area contributed by atoms with Gasteiger partial charge >= 0.3 is 20.1 Å². The predicted molar refractivity (Wildman–Crippen MR) is 192 cm³/mol. The molecule has 0 N–H and O–H groups in total. The fourth-order valence-corrected chi connectivity index (χ4v) is 5.61. The Morgan fingerprint density at radius 3 is 0.945 bits per heavy atom. The smallest absolute Gasteiger partial charge is 0.265 e. The topological polar surface area (TPSA) is 51.9 Å². The zero-order chi connectivity index (χ0) is 38.1. The van der Waals surface area contributed by atoms with Crippen LogP contribution in [0.15, 0.2) is 110 Å². The van der Waals surface area contributed by atoms with Gasteiger partial charge in [0.25, 0.3) is 0 Å². The molecule has 0 spiro atoms. The molecule has 6 nitrogen and oxygen atoms in total. The number of benzene rings is 3. The monoisotopic (exact) mass is 922 g/mol. The van der Waals surface area contributed by atoms with E-state index in [1.807, 2.05) is 57.2 Å². The van der Waals surface area contributed by atoms with Crippen LogP contribution in [0.5, 0.6) is 0 Å². The van der Waals surface area contributed by atoms with Crippen LogP contribution < -0.4 is 0 Å². The molecule has 6 aromatic heterocycles. The quantitative estimate of drug-likeness (QED) is 0.131. The summed E-state index contributed by atoms with van der Waals surface area (Å²) in [5.41, 5.74) is 7.74. The van der Waals surface area contributed by atoms with Gasteiger partial charge in [0.05, 0.1) is 16.6 Å². The van der Waals surface area contributed by atoms with Crippen molar-refractivity contribution in [3.05, 3.63) is 179 Å². The van der Waals surface area contributed by atoms with Crippen LogP contribution in [-0.2, 0) is 20.1 Å². The van der Waals surface area contributed by atoms with E-state index in [2.05, 4.69) is 33.5 Å². The molecule has 3 aromatic carbocycles. The van der Waals surface area contributed by atoms with E-state index in [9.17, 15) is 26.3 Å². The van der Waals surface area contributed by atoms with Crippen LogP contribution in [0.2, 0.25) is 0 Å². The van der Waals surface area contributed by atoms with Gasteiger partial charge in [0.2, 0.25) is 0 Å². The molecular formula is C42H27F6IrN6. The Balaban J connectivity index is 0.000000139. The fourth-order valence-electron chi connectivity index (χ4n) is 5.61. The van der Waals surface area contributed by atoms with Crippen LogP contribution in [-0.4, -0.2) is 28.8 Å². The largest absolute Gasteiger partial charge is 3.00 e. The minimum absolute atomic E-state index is 0. The van der Waals surface area contributed by atoms with Crippen molar-refractivity contribution < 1.29 is 46.4 Å². The Bertz CT molecular complexity index is 2510. The summed E-state index contributed by atoms with van der Waals surface area (Å²) in [7, 11) is 0. The summed E-state index contributed by atoms with van der Waals surface area (Å²) >= 11 is 0. The van der Waals surface area contributed by atoms with Crippen molar-refractivity contribution in [1.29, 1.82) is 0 Å². The molecule has 0 saturated heterocycles. The summed E-state index contributed by atoms with van der Waals surface area (Å²) in [5.74, 6) is -3.90. The molecule has 0 bridgehead atoms. The van der Waals surface area contributed by atoms with Crippen molar-refractivity contribution in [3.63, 3.8) is 0 Å². The molecule has 0 fully saturated rings. The maximum atomic E-state index is 13.6. The van der Waals surface area contributed by atoms with E-state index in [4.69, 9.17) is 0 Å². The van der Waals surface area contributed by atoms with Gasteiger partial charge in [-0.3, -0.25) is 39.9 Å². The average Bonchev–Trinajstić information content (AvgIpc) is 3.85. The number of rotatable bonds is 3. The van der Waals surface area contributed by atoms with Crippen LogP contribution in [0.3, 0.4) is 0 Å². The van der Waals surface area contributed by atoms with Crippen molar-refractivity contribution >= 4 is 16.6 Å². The standard InChI is InChI=1S/3C14H9F2N2.Ir/c3*1-9-4-5-18-11(6-9)8-14(17-18)12-3-2-10(15)7-13(12)16;/h3*2,4-8H,1H3;/q3*-1;+3. The van der Waals surface area contributed by atoms with Crippen molar-refractivity contribution in [2.75, 3.05) is 0 Å². The molecule has 9 aromatic rings. The van der Waals surface area contributed by atoms with Crippen molar-refractivity contribution in [2.24, 2.45) is 0 Å². The van der Waals surface area contributed by atoms with Crippen molar-refractivity contribution in [3.8, 4) is 33.8 Å². The van der Waals surface area contributed by atoms with Crippen LogP contribution >= 0.6 is 0 Å². The summed E-state index contributed by atoms with van der Waals surface area (Å²) < 4.78 is 84.3. The molecule has 0 aliphatic carbocycles. The summed E-state index contributed by atoms with van der Waals surface area (Å²) in [4.78, 5) is 0. The van der Waals surface area contributed by atoms with Crippen LogP contribution in [0.25, 0.3) is 50.3 Å². The number of nitrogens with zero attached hydrogens (tertiary/aromatic N) is 6. The van der Waals surface area contributed by atoms with Crippen molar-refractivity contribution in [2.45, 2.75) is 20.8 Å². The molecule has 0 radical (unpaired) electrons. The molecule has 0 atom stereocenters. The third-order valence-electron chi connectivity index (χ3n) is 8.20. The molecule has 0 unspecified atom stereocenters. The van der Waals surface area contributed by atoms with Gasteiger partial charge in [-0.05, 0) is 73.9 Å². The average molecular weight is 922 g/mol. The minimum atomic E-state index is -0.657. The van der Waals surface area contributed by atoms with Crippen molar-refractivity contribution in [1.82, 2.24) is 28.8 Å².